The molecule has 0 saturated heterocycles. The first-order chi connectivity index (χ1) is 8.85. The maximum absolute atomic E-state index is 5.95. The number of nitrogens with zero attached hydrogens (tertiary/aromatic N) is 2. The molecule has 0 amide bonds. The molecule has 0 radical (unpaired) electrons. The minimum Gasteiger partial charge on any atom is -0.331 e. The quantitative estimate of drug-likeness (QED) is 0.868. The fourth-order valence-electron chi connectivity index (χ4n) is 2.89. The van der Waals surface area contributed by atoms with Gasteiger partial charge in [0.15, 0.2) is 0 Å². The van der Waals surface area contributed by atoms with E-state index < -0.39 is 0 Å². The van der Waals surface area contributed by atoms with Crippen LogP contribution in [0.15, 0.2) is 18.1 Å². The van der Waals surface area contributed by atoms with Crippen molar-refractivity contribution in [3.05, 3.63) is 23.8 Å². The molecule has 1 aromatic heterocycles. The molecule has 3 nitrogen and oxygen atoms in total. The van der Waals surface area contributed by atoms with Crippen molar-refractivity contribution in [2.45, 2.75) is 52.0 Å². The van der Waals surface area contributed by atoms with E-state index in [1.807, 2.05) is 12.5 Å². The highest BCUT2D eigenvalue weighted by atomic mass is 15.0. The molecule has 2 N–H and O–H groups in total. The van der Waals surface area contributed by atoms with Gasteiger partial charge in [-0.2, -0.15) is 0 Å². The van der Waals surface area contributed by atoms with Crippen LogP contribution in [0.3, 0.4) is 0 Å². The molecule has 1 heterocycles. The second kappa shape index (κ2) is 6.74. The molecular formula is C15H25N3. The van der Waals surface area contributed by atoms with Gasteiger partial charge in [0.1, 0.15) is 0 Å². The van der Waals surface area contributed by atoms with Gasteiger partial charge in [0.25, 0.3) is 0 Å². The third kappa shape index (κ3) is 3.22. The van der Waals surface area contributed by atoms with Crippen molar-refractivity contribution in [1.82, 2.24) is 9.55 Å². The highest BCUT2D eigenvalue weighted by Crippen LogP contribution is 2.30. The van der Waals surface area contributed by atoms with E-state index in [1.54, 1.807) is 0 Å². The third-order valence-corrected chi connectivity index (χ3v) is 3.91. The van der Waals surface area contributed by atoms with Gasteiger partial charge in [0.2, 0.25) is 0 Å². The van der Waals surface area contributed by atoms with E-state index in [4.69, 9.17) is 5.73 Å². The van der Waals surface area contributed by atoms with Gasteiger partial charge in [-0.05, 0) is 31.3 Å². The average molecular weight is 247 g/mol. The number of rotatable bonds is 5. The number of imidazole rings is 1. The topological polar surface area (TPSA) is 43.8 Å². The standard InChI is InChI=1S/C15H25N3/c1-2-8-18-12-17-11-15(18)9-14(10-16)13-6-4-3-5-7-13/h9,11-13H,2-8,10,16H2,1H3. The molecular weight excluding hydrogens is 222 g/mol. The number of aryl methyl sites for hydroxylation is 1. The smallest absolute Gasteiger partial charge is 0.0950 e. The van der Waals surface area contributed by atoms with Crippen molar-refractivity contribution in [3.63, 3.8) is 0 Å². The van der Waals surface area contributed by atoms with Crippen molar-refractivity contribution >= 4 is 6.08 Å². The lowest BCUT2D eigenvalue weighted by atomic mass is 9.83. The summed E-state index contributed by atoms with van der Waals surface area (Å²) >= 11 is 0. The predicted molar refractivity (Wildman–Crippen MR) is 76.1 cm³/mol. The summed E-state index contributed by atoms with van der Waals surface area (Å²) < 4.78 is 2.22. The maximum Gasteiger partial charge on any atom is 0.0950 e. The van der Waals surface area contributed by atoms with Crippen LogP contribution in [0.25, 0.3) is 6.08 Å². The van der Waals surface area contributed by atoms with Gasteiger partial charge in [-0.15, -0.1) is 0 Å². The van der Waals surface area contributed by atoms with E-state index in [0.29, 0.717) is 12.5 Å². The normalized spacial score (nSPS) is 18.2. The average Bonchev–Trinajstić information content (AvgIpc) is 2.85. The van der Waals surface area contributed by atoms with Gasteiger partial charge < -0.3 is 10.3 Å². The van der Waals surface area contributed by atoms with Crippen molar-refractivity contribution in [2.75, 3.05) is 6.54 Å². The Hall–Kier alpha value is -1.09. The Kier molecular flexibility index (Phi) is 5.00. The predicted octanol–water partition coefficient (Wildman–Crippen LogP) is 3.22. The molecule has 1 fully saturated rings. The van der Waals surface area contributed by atoms with Crippen LogP contribution in [0.1, 0.15) is 51.1 Å². The Labute approximate surface area is 110 Å². The first-order valence-electron chi connectivity index (χ1n) is 7.25. The highest BCUT2D eigenvalue weighted by molar-refractivity contribution is 5.50. The SMILES string of the molecule is CCCn1cncc1C=C(CN)C1CCCCC1. The van der Waals surface area contributed by atoms with E-state index in [9.17, 15) is 0 Å². The molecule has 0 unspecified atom stereocenters. The third-order valence-electron chi connectivity index (χ3n) is 3.91. The Bertz CT molecular complexity index is 386. The van der Waals surface area contributed by atoms with Crippen LogP contribution in [0, 0.1) is 5.92 Å². The van der Waals surface area contributed by atoms with E-state index >= 15 is 0 Å². The minimum atomic E-state index is 0.683. The lowest BCUT2D eigenvalue weighted by Crippen LogP contribution is -2.16. The lowest BCUT2D eigenvalue weighted by molar-refractivity contribution is 0.401. The van der Waals surface area contributed by atoms with Crippen LogP contribution in [-0.2, 0) is 6.54 Å². The van der Waals surface area contributed by atoms with Crippen molar-refractivity contribution in [3.8, 4) is 0 Å². The van der Waals surface area contributed by atoms with E-state index in [0.717, 1.165) is 13.0 Å². The molecule has 1 aliphatic rings. The summed E-state index contributed by atoms with van der Waals surface area (Å²) in [5.74, 6) is 0.703. The molecule has 0 aliphatic heterocycles. The summed E-state index contributed by atoms with van der Waals surface area (Å²) in [5.41, 5.74) is 8.57. The van der Waals surface area contributed by atoms with Gasteiger partial charge >= 0.3 is 0 Å². The molecule has 0 bridgehead atoms. The second-order valence-corrected chi connectivity index (χ2v) is 5.27. The summed E-state index contributed by atoms with van der Waals surface area (Å²) in [6, 6.07) is 0. The van der Waals surface area contributed by atoms with Crippen LogP contribution in [0.4, 0.5) is 0 Å². The number of hydrogen-bond donors (Lipinski definition) is 1. The maximum atomic E-state index is 5.95. The van der Waals surface area contributed by atoms with Gasteiger partial charge in [0, 0.05) is 13.1 Å². The largest absolute Gasteiger partial charge is 0.331 e. The summed E-state index contributed by atoms with van der Waals surface area (Å²) in [6.07, 6.45) is 14.0. The van der Waals surface area contributed by atoms with Gasteiger partial charge in [-0.1, -0.05) is 31.8 Å². The summed E-state index contributed by atoms with van der Waals surface area (Å²) in [6.45, 7) is 3.91. The Morgan fingerprint density at radius 2 is 2.22 bits per heavy atom. The Morgan fingerprint density at radius 3 is 2.89 bits per heavy atom. The van der Waals surface area contributed by atoms with Crippen molar-refractivity contribution in [1.29, 1.82) is 0 Å². The van der Waals surface area contributed by atoms with Crippen LogP contribution in [0.2, 0.25) is 0 Å². The monoisotopic (exact) mass is 247 g/mol. The van der Waals surface area contributed by atoms with Crippen LogP contribution in [-0.4, -0.2) is 16.1 Å². The molecule has 3 heteroatoms. The van der Waals surface area contributed by atoms with Gasteiger partial charge in [0.05, 0.1) is 18.2 Å². The molecule has 0 aromatic carbocycles. The fourth-order valence-corrected chi connectivity index (χ4v) is 2.89. The first kappa shape index (κ1) is 13.3. The molecule has 1 aliphatic carbocycles. The van der Waals surface area contributed by atoms with E-state index in [1.165, 1.54) is 43.4 Å². The molecule has 1 saturated carbocycles. The molecule has 100 valence electrons. The van der Waals surface area contributed by atoms with Gasteiger partial charge in [-0.3, -0.25) is 0 Å². The zero-order valence-corrected chi connectivity index (χ0v) is 11.4. The zero-order chi connectivity index (χ0) is 12.8. The minimum absolute atomic E-state index is 0.683. The molecule has 0 spiro atoms. The van der Waals surface area contributed by atoms with E-state index in [-0.39, 0.29) is 0 Å². The van der Waals surface area contributed by atoms with Crippen molar-refractivity contribution in [2.24, 2.45) is 11.7 Å². The Balaban J connectivity index is 2.14. The summed E-state index contributed by atoms with van der Waals surface area (Å²) in [7, 11) is 0. The van der Waals surface area contributed by atoms with Crippen LogP contribution in [0.5, 0.6) is 0 Å². The number of nitrogens with two attached hydrogens (primary N) is 1. The van der Waals surface area contributed by atoms with Crippen LogP contribution < -0.4 is 5.73 Å². The Morgan fingerprint density at radius 1 is 1.44 bits per heavy atom. The molecule has 0 atom stereocenters. The molecule has 1 aromatic rings. The zero-order valence-electron chi connectivity index (χ0n) is 11.4. The number of aromatic nitrogens is 2. The first-order valence-corrected chi connectivity index (χ1v) is 7.25. The highest BCUT2D eigenvalue weighted by Gasteiger charge is 2.17. The van der Waals surface area contributed by atoms with Gasteiger partial charge in [-0.25, -0.2) is 4.98 Å². The fraction of sp³-hybridized carbons (Fsp3) is 0.667. The van der Waals surface area contributed by atoms with Crippen molar-refractivity contribution < 1.29 is 0 Å². The summed E-state index contributed by atoms with van der Waals surface area (Å²) in [4.78, 5) is 4.25. The summed E-state index contributed by atoms with van der Waals surface area (Å²) in [5, 5.41) is 0. The molecule has 18 heavy (non-hydrogen) atoms. The lowest BCUT2D eigenvalue weighted by Gasteiger charge is -2.24. The van der Waals surface area contributed by atoms with Crippen LogP contribution >= 0.6 is 0 Å². The van der Waals surface area contributed by atoms with E-state index in [2.05, 4.69) is 22.6 Å². The second-order valence-electron chi connectivity index (χ2n) is 5.27. The number of hydrogen-bond acceptors (Lipinski definition) is 2. The molecule has 2 rings (SSSR count).